The first-order chi connectivity index (χ1) is 8.54. The van der Waals surface area contributed by atoms with Crippen molar-refractivity contribution >= 4 is 26.1 Å². The third-order valence-corrected chi connectivity index (χ3v) is 2.60. The summed E-state index contributed by atoms with van der Waals surface area (Å²) in [7, 11) is -5.27. The highest BCUT2D eigenvalue weighted by Gasteiger charge is 2.43. The zero-order chi connectivity index (χ0) is 15.2. The van der Waals surface area contributed by atoms with E-state index in [2.05, 4.69) is 14.2 Å². The largest absolute Gasteiger partial charge is 0.506 e. The number of carbonyl (C=O) groups is 3. The lowest BCUT2D eigenvalue weighted by Gasteiger charge is -2.24. The van der Waals surface area contributed by atoms with Crippen LogP contribution in [0.4, 0.5) is 14.4 Å². The molecule has 7 N–H and O–H groups in total. The summed E-state index contributed by atoms with van der Waals surface area (Å²) in [5, 5.41) is 24.8. The van der Waals surface area contributed by atoms with Crippen LogP contribution in [-0.2, 0) is 18.8 Å². The molecule has 0 spiro atoms. The number of carboxylic acid groups (broad SMARTS) is 3. The van der Waals surface area contributed by atoms with E-state index in [1.54, 1.807) is 0 Å². The number of rotatable bonds is 6. The van der Waals surface area contributed by atoms with Crippen molar-refractivity contribution in [3.8, 4) is 0 Å². The van der Waals surface area contributed by atoms with Gasteiger partial charge in [-0.05, 0) is 0 Å². The molecule has 0 aromatic heterocycles. The van der Waals surface area contributed by atoms with Gasteiger partial charge in [-0.15, -0.1) is 0 Å². The van der Waals surface area contributed by atoms with Gasteiger partial charge in [0.1, 0.15) is 6.61 Å². The lowest BCUT2D eigenvalue weighted by atomic mass is 10.4. The van der Waals surface area contributed by atoms with Gasteiger partial charge in [0.25, 0.3) is 0 Å². The van der Waals surface area contributed by atoms with Crippen LogP contribution in [0.1, 0.15) is 0 Å². The second-order valence-electron chi connectivity index (χ2n) is 2.86. The normalized spacial score (nSPS) is 13.3. The minimum Gasteiger partial charge on any atom is -0.450 e. The first kappa shape index (κ1) is 20.2. The maximum atomic E-state index is 11.0. The summed E-state index contributed by atoms with van der Waals surface area (Å²) in [4.78, 5) is 48.3. The lowest BCUT2D eigenvalue weighted by Crippen LogP contribution is -2.38. The molecule has 20 heavy (non-hydrogen) atoms. The molecule has 0 radical (unpaired) electrons. The van der Waals surface area contributed by atoms with Gasteiger partial charge in [0.15, 0.2) is 6.10 Å². The van der Waals surface area contributed by atoms with Crippen LogP contribution in [-0.4, -0.2) is 67.6 Å². The molecule has 2 unspecified atom stereocenters. The van der Waals surface area contributed by atoms with E-state index >= 15 is 0 Å². The highest BCUT2D eigenvalue weighted by Crippen LogP contribution is 2.44. The highest BCUT2D eigenvalue weighted by atomic mass is 31.2. The Morgan fingerprint density at radius 2 is 1.40 bits per heavy atom. The van der Waals surface area contributed by atoms with E-state index in [4.69, 9.17) is 25.1 Å². The Morgan fingerprint density at radius 1 is 0.950 bits per heavy atom. The lowest BCUT2D eigenvalue weighted by molar-refractivity contribution is -0.0466. The molecule has 0 aliphatic rings. The average Bonchev–Trinajstić information content (AvgIpc) is 2.18. The van der Waals surface area contributed by atoms with Crippen LogP contribution in [0.15, 0.2) is 0 Å². The topological polar surface area (TPSA) is 229 Å². The number of hydrogen-bond donors (Lipinski definition) is 5. The Morgan fingerprint density at radius 3 is 1.70 bits per heavy atom. The fourth-order valence-electron chi connectivity index (χ4n) is 0.922. The van der Waals surface area contributed by atoms with Gasteiger partial charge in [0, 0.05) is 0 Å². The van der Waals surface area contributed by atoms with Gasteiger partial charge in [-0.2, -0.15) is 0 Å². The van der Waals surface area contributed by atoms with Crippen molar-refractivity contribution in [2.24, 2.45) is 0 Å². The number of ether oxygens (including phenoxy) is 3. The zero-order valence-corrected chi connectivity index (χ0v) is 10.3. The van der Waals surface area contributed by atoms with Crippen LogP contribution >= 0.6 is 7.60 Å². The molecule has 0 aliphatic carbocycles. The monoisotopic (exact) mass is 322 g/mol. The average molecular weight is 322 g/mol. The predicted octanol–water partition coefficient (Wildman–Crippen LogP) is -0.882. The molecule has 13 nitrogen and oxygen atoms in total. The Bertz CT molecular complexity index is 398. The molecule has 118 valence electrons. The molecule has 0 heterocycles. The van der Waals surface area contributed by atoms with Crippen LogP contribution in [0.5, 0.6) is 0 Å². The number of hydrogen-bond acceptors (Lipinski definition) is 7. The second kappa shape index (κ2) is 8.16. The maximum absolute atomic E-state index is 11.0. The molecule has 0 aromatic rings. The molecule has 0 aliphatic heterocycles. The standard InChI is InChI=1S/C6H9O12P.H2O/c7-4(8)16-1-2(17-5(9)10)3(18-6(11)12)19(13,14)15;/h2-3H,1H2,(H,7,8)(H,9,10)(H,11,12)(H2,13,14,15);1H2. The van der Waals surface area contributed by atoms with E-state index in [0.29, 0.717) is 0 Å². The predicted molar refractivity (Wildman–Crippen MR) is 55.4 cm³/mol. The minimum absolute atomic E-state index is 0. The van der Waals surface area contributed by atoms with Crippen LogP contribution in [0, 0.1) is 0 Å². The molecular formula is C6H11O13P. The summed E-state index contributed by atoms with van der Waals surface area (Å²) in [6.45, 7) is -1.16. The van der Waals surface area contributed by atoms with E-state index in [9.17, 15) is 18.9 Å². The molecule has 14 heteroatoms. The van der Waals surface area contributed by atoms with Crippen molar-refractivity contribution in [2.45, 2.75) is 11.9 Å². The highest BCUT2D eigenvalue weighted by molar-refractivity contribution is 7.52. The van der Waals surface area contributed by atoms with Crippen LogP contribution in [0.2, 0.25) is 0 Å². The first-order valence-electron chi connectivity index (χ1n) is 4.24. The molecule has 0 amide bonds. The fourth-order valence-corrected chi connectivity index (χ4v) is 1.73. The summed E-state index contributed by atoms with van der Waals surface area (Å²) < 4.78 is 22.6. The summed E-state index contributed by atoms with van der Waals surface area (Å²) in [5.74, 6) is -2.56. The van der Waals surface area contributed by atoms with Crippen molar-refractivity contribution in [3.05, 3.63) is 0 Å². The van der Waals surface area contributed by atoms with Gasteiger partial charge in [-0.25, -0.2) is 14.4 Å². The van der Waals surface area contributed by atoms with Gasteiger partial charge >= 0.3 is 26.1 Å². The smallest absolute Gasteiger partial charge is 0.450 e. The molecular weight excluding hydrogens is 311 g/mol. The van der Waals surface area contributed by atoms with E-state index in [1.807, 2.05) is 0 Å². The first-order valence-corrected chi connectivity index (χ1v) is 5.92. The Kier molecular flexibility index (Phi) is 8.26. The van der Waals surface area contributed by atoms with Gasteiger partial charge in [-0.1, -0.05) is 0 Å². The quantitative estimate of drug-likeness (QED) is 0.228. The molecule has 0 rings (SSSR count). The van der Waals surface area contributed by atoms with Crippen molar-refractivity contribution in [2.75, 3.05) is 6.61 Å². The van der Waals surface area contributed by atoms with Gasteiger partial charge in [0.05, 0.1) is 0 Å². The zero-order valence-electron chi connectivity index (χ0n) is 9.40. The molecule has 0 aromatic carbocycles. The van der Waals surface area contributed by atoms with Crippen LogP contribution in [0.3, 0.4) is 0 Å². The summed E-state index contributed by atoms with van der Waals surface area (Å²) in [6, 6.07) is 0. The molecule has 0 bridgehead atoms. The van der Waals surface area contributed by atoms with Crippen molar-refractivity contribution in [1.29, 1.82) is 0 Å². The maximum Gasteiger partial charge on any atom is 0.506 e. The van der Waals surface area contributed by atoms with E-state index in [-0.39, 0.29) is 5.48 Å². The van der Waals surface area contributed by atoms with E-state index < -0.39 is 44.6 Å². The molecule has 0 saturated carbocycles. The van der Waals surface area contributed by atoms with E-state index in [1.165, 1.54) is 0 Å². The van der Waals surface area contributed by atoms with Crippen LogP contribution in [0.25, 0.3) is 0 Å². The summed E-state index contributed by atoms with van der Waals surface area (Å²) >= 11 is 0. The van der Waals surface area contributed by atoms with Gasteiger partial charge < -0.3 is 44.8 Å². The molecule has 0 saturated heterocycles. The molecule has 0 fully saturated rings. The Balaban J connectivity index is 0. The van der Waals surface area contributed by atoms with Crippen molar-refractivity contribution in [3.63, 3.8) is 0 Å². The van der Waals surface area contributed by atoms with Gasteiger partial charge in [-0.3, -0.25) is 4.57 Å². The Labute approximate surface area is 109 Å². The van der Waals surface area contributed by atoms with Crippen molar-refractivity contribution in [1.82, 2.24) is 0 Å². The third kappa shape index (κ3) is 8.10. The molecule has 2 atom stereocenters. The third-order valence-electron chi connectivity index (χ3n) is 1.49. The fraction of sp³-hybridized carbons (Fsp3) is 0.500. The minimum atomic E-state index is -5.27. The summed E-state index contributed by atoms with van der Waals surface area (Å²) in [5.41, 5.74) is 0. The van der Waals surface area contributed by atoms with E-state index in [0.717, 1.165) is 0 Å². The van der Waals surface area contributed by atoms with Gasteiger partial charge in [0.2, 0.25) is 5.85 Å². The second-order valence-corrected chi connectivity index (χ2v) is 4.55. The SMILES string of the molecule is O.O=C(O)OCC(OC(=O)O)C(OC(=O)O)P(=O)(O)O. The Hall–Kier alpha value is -2.08. The van der Waals surface area contributed by atoms with Crippen molar-refractivity contribution < 1.29 is 63.7 Å². The van der Waals surface area contributed by atoms with Crippen LogP contribution < -0.4 is 0 Å². The summed E-state index contributed by atoms with van der Waals surface area (Å²) in [6.07, 6.45) is -8.21.